The van der Waals surface area contributed by atoms with Crippen LogP contribution in [-0.4, -0.2) is 4.57 Å². The molecule has 4 aromatic heterocycles. The summed E-state index contributed by atoms with van der Waals surface area (Å²) >= 11 is 3.75. The van der Waals surface area contributed by atoms with Gasteiger partial charge in [0, 0.05) is 67.6 Å². The van der Waals surface area contributed by atoms with Gasteiger partial charge in [0.1, 0.15) is 5.58 Å². The van der Waals surface area contributed by atoms with E-state index in [4.69, 9.17) is 4.42 Å². The lowest BCUT2D eigenvalue weighted by molar-refractivity contribution is 0.671. The summed E-state index contributed by atoms with van der Waals surface area (Å²) in [6.07, 6.45) is 0. The number of rotatable bonds is 1. The second kappa shape index (κ2) is 7.51. The summed E-state index contributed by atoms with van der Waals surface area (Å²) in [7, 11) is 0. The van der Waals surface area contributed by atoms with Crippen LogP contribution in [0.2, 0.25) is 0 Å². The van der Waals surface area contributed by atoms with Gasteiger partial charge in [-0.05, 0) is 42.5 Å². The normalized spacial score (nSPS) is 12.5. The third-order valence-electron chi connectivity index (χ3n) is 8.38. The Hall–Kier alpha value is -4.64. The quantitative estimate of drug-likeness (QED) is 0.201. The molecule has 0 N–H and O–H groups in total. The molecule has 40 heavy (non-hydrogen) atoms. The van der Waals surface area contributed by atoms with Gasteiger partial charge in [0.2, 0.25) is 0 Å². The van der Waals surface area contributed by atoms with Crippen LogP contribution in [0.25, 0.3) is 89.8 Å². The summed E-state index contributed by atoms with van der Waals surface area (Å²) in [6, 6.07) is 41.7. The Morgan fingerprint density at radius 2 is 1.18 bits per heavy atom. The molecule has 0 bridgehead atoms. The minimum absolute atomic E-state index is 0.928. The average Bonchev–Trinajstić information content (AvgIpc) is 3.75. The molecule has 0 radical (unpaired) electrons. The third-order valence-corrected chi connectivity index (χ3v) is 10.7. The van der Waals surface area contributed by atoms with Gasteiger partial charge in [0.05, 0.1) is 11.0 Å². The first-order valence-electron chi connectivity index (χ1n) is 13.4. The van der Waals surface area contributed by atoms with E-state index >= 15 is 0 Å². The maximum Gasteiger partial charge on any atom is 0.160 e. The Bertz CT molecular complexity index is 2660. The van der Waals surface area contributed by atoms with Gasteiger partial charge in [0.15, 0.2) is 5.58 Å². The Kier molecular flexibility index (Phi) is 3.98. The molecule has 186 valence electrons. The topological polar surface area (TPSA) is 18.1 Å². The van der Waals surface area contributed by atoms with E-state index in [9.17, 15) is 0 Å². The molecule has 0 saturated heterocycles. The molecule has 10 rings (SSSR count). The lowest BCUT2D eigenvalue weighted by atomic mass is 10.0. The monoisotopic (exact) mass is 545 g/mol. The average molecular weight is 546 g/mol. The molecule has 0 amide bonds. The molecular formula is C36H19NOS2. The lowest BCUT2D eigenvalue weighted by Crippen LogP contribution is -1.94. The fourth-order valence-corrected chi connectivity index (χ4v) is 9.09. The number of furan rings is 1. The molecule has 0 atom stereocenters. The van der Waals surface area contributed by atoms with E-state index in [2.05, 4.69) is 120 Å². The third kappa shape index (κ3) is 2.58. The zero-order chi connectivity index (χ0) is 25.9. The van der Waals surface area contributed by atoms with Crippen molar-refractivity contribution in [1.82, 2.24) is 4.57 Å². The van der Waals surface area contributed by atoms with Crippen LogP contribution in [0, 0.1) is 0 Å². The predicted octanol–water partition coefficient (Wildman–Crippen LogP) is 11.4. The fraction of sp³-hybridized carbons (Fsp3) is 0. The zero-order valence-electron chi connectivity index (χ0n) is 21.1. The Morgan fingerprint density at radius 3 is 2.05 bits per heavy atom. The van der Waals surface area contributed by atoms with Crippen molar-refractivity contribution in [2.24, 2.45) is 0 Å². The molecule has 2 nitrogen and oxygen atoms in total. The summed E-state index contributed by atoms with van der Waals surface area (Å²) in [5.41, 5.74) is 5.38. The molecule has 10 aromatic rings. The summed E-state index contributed by atoms with van der Waals surface area (Å²) in [4.78, 5) is 0. The van der Waals surface area contributed by atoms with Crippen LogP contribution in [0.4, 0.5) is 0 Å². The van der Waals surface area contributed by atoms with Gasteiger partial charge >= 0.3 is 0 Å². The summed E-state index contributed by atoms with van der Waals surface area (Å²) in [5, 5.41) is 10.1. The zero-order valence-corrected chi connectivity index (χ0v) is 22.8. The molecular weight excluding hydrogens is 527 g/mol. The van der Waals surface area contributed by atoms with E-state index in [1.54, 1.807) is 0 Å². The summed E-state index contributed by atoms with van der Waals surface area (Å²) < 4.78 is 14.5. The minimum Gasteiger partial charge on any atom is -0.454 e. The molecule has 0 aliphatic heterocycles. The highest BCUT2D eigenvalue weighted by Gasteiger charge is 2.25. The van der Waals surface area contributed by atoms with Gasteiger partial charge < -0.3 is 8.98 Å². The number of thiophene rings is 2. The first kappa shape index (κ1) is 21.2. The number of fused-ring (bicyclic) bond motifs is 15. The number of hydrogen-bond donors (Lipinski definition) is 0. The Morgan fingerprint density at radius 1 is 0.500 bits per heavy atom. The van der Waals surface area contributed by atoms with Crippen molar-refractivity contribution in [3.8, 4) is 5.69 Å². The van der Waals surface area contributed by atoms with Crippen LogP contribution in [0.15, 0.2) is 120 Å². The van der Waals surface area contributed by atoms with Gasteiger partial charge in [0.25, 0.3) is 0 Å². The molecule has 0 spiro atoms. The molecule has 0 aliphatic rings. The smallest absolute Gasteiger partial charge is 0.160 e. The van der Waals surface area contributed by atoms with E-state index in [1.165, 1.54) is 67.4 Å². The molecule has 0 saturated carbocycles. The first-order chi connectivity index (χ1) is 19.8. The van der Waals surface area contributed by atoms with Crippen LogP contribution < -0.4 is 0 Å². The van der Waals surface area contributed by atoms with Crippen molar-refractivity contribution < 1.29 is 4.42 Å². The van der Waals surface area contributed by atoms with Crippen LogP contribution in [0.1, 0.15) is 0 Å². The van der Waals surface area contributed by atoms with E-state index in [0.29, 0.717) is 0 Å². The molecule has 0 fully saturated rings. The van der Waals surface area contributed by atoms with Crippen LogP contribution >= 0.6 is 22.7 Å². The van der Waals surface area contributed by atoms with Crippen molar-refractivity contribution in [3.63, 3.8) is 0 Å². The predicted molar refractivity (Wildman–Crippen MR) is 174 cm³/mol. The number of aromatic nitrogens is 1. The Balaban J connectivity index is 1.49. The van der Waals surface area contributed by atoms with Gasteiger partial charge in [-0.3, -0.25) is 0 Å². The number of benzene rings is 6. The summed E-state index contributed by atoms with van der Waals surface area (Å²) in [6.45, 7) is 0. The van der Waals surface area contributed by atoms with Crippen molar-refractivity contribution >= 4 is 107 Å². The highest BCUT2D eigenvalue weighted by molar-refractivity contribution is 7.27. The lowest BCUT2D eigenvalue weighted by Gasteiger charge is -2.09. The van der Waals surface area contributed by atoms with Crippen molar-refractivity contribution in [3.05, 3.63) is 115 Å². The van der Waals surface area contributed by atoms with E-state index in [0.717, 1.165) is 22.4 Å². The van der Waals surface area contributed by atoms with Crippen LogP contribution in [0.3, 0.4) is 0 Å². The van der Waals surface area contributed by atoms with Crippen LogP contribution in [-0.2, 0) is 0 Å². The van der Waals surface area contributed by atoms with Crippen LogP contribution in [0.5, 0.6) is 0 Å². The minimum atomic E-state index is 0.928. The maximum atomic E-state index is 6.81. The van der Waals surface area contributed by atoms with Crippen molar-refractivity contribution in [2.75, 3.05) is 0 Å². The number of para-hydroxylation sites is 2. The van der Waals surface area contributed by atoms with Crippen molar-refractivity contribution in [1.29, 1.82) is 0 Å². The highest BCUT2D eigenvalue weighted by atomic mass is 32.1. The Labute approximate surface area is 235 Å². The number of hydrogen-bond acceptors (Lipinski definition) is 3. The van der Waals surface area contributed by atoms with Crippen molar-refractivity contribution in [2.45, 2.75) is 0 Å². The fourth-order valence-electron chi connectivity index (χ4n) is 6.74. The van der Waals surface area contributed by atoms with E-state index in [1.807, 2.05) is 22.7 Å². The van der Waals surface area contributed by atoms with E-state index in [-0.39, 0.29) is 0 Å². The summed E-state index contributed by atoms with van der Waals surface area (Å²) in [5.74, 6) is 0. The maximum absolute atomic E-state index is 6.81. The molecule has 6 aromatic carbocycles. The molecule has 4 heteroatoms. The van der Waals surface area contributed by atoms with Gasteiger partial charge in [-0.15, -0.1) is 22.7 Å². The highest BCUT2D eigenvalue weighted by Crippen LogP contribution is 2.50. The second-order valence-corrected chi connectivity index (χ2v) is 12.6. The second-order valence-electron chi connectivity index (χ2n) is 10.5. The number of nitrogens with zero attached hydrogens (tertiary/aromatic N) is 1. The molecule has 0 unspecified atom stereocenters. The SMILES string of the molecule is c1ccc2c(c1)oc1c2c2c3ccccc3sc2c2c3ccccc3n(-c3ccc4sc5ccccc5c4c3)c12. The van der Waals surface area contributed by atoms with Gasteiger partial charge in [-0.1, -0.05) is 72.8 Å². The van der Waals surface area contributed by atoms with Gasteiger partial charge in [-0.25, -0.2) is 0 Å². The van der Waals surface area contributed by atoms with Gasteiger partial charge in [-0.2, -0.15) is 0 Å². The molecule has 4 heterocycles. The standard InChI is InChI=1S/C36H19NOS2/c1-5-13-26-22(10-1)33-34(37(26)20-17-18-30-25(19-20)21-9-3-7-15-28(21)39-30)35-31(23-11-2-6-14-27(23)38-35)32-24-12-4-8-16-29(24)40-36(32)33/h1-19H. The molecule has 0 aliphatic carbocycles. The first-order valence-corrected chi connectivity index (χ1v) is 15.1. The van der Waals surface area contributed by atoms with E-state index < -0.39 is 0 Å². The largest absolute Gasteiger partial charge is 0.454 e.